The number of carbonyl (C=O) groups excluding carboxylic acids is 3. The molecular formula is C30H33ClF3NO8. The fourth-order valence-electron chi connectivity index (χ4n) is 4.83. The zero-order valence-corrected chi connectivity index (χ0v) is 25.6. The van der Waals surface area contributed by atoms with E-state index >= 15 is 0 Å². The number of esters is 2. The van der Waals surface area contributed by atoms with Crippen LogP contribution in [-0.4, -0.2) is 51.4 Å². The summed E-state index contributed by atoms with van der Waals surface area (Å²) in [6.07, 6.45) is -3.31. The molecule has 1 aliphatic rings. The maximum absolute atomic E-state index is 13.7. The van der Waals surface area contributed by atoms with Gasteiger partial charge >= 0.3 is 24.0 Å². The molecule has 3 rings (SSSR count). The number of fused-ring (bicyclic) bond motifs is 1. The Hall–Kier alpha value is -3.93. The first kappa shape index (κ1) is 33.6. The van der Waals surface area contributed by atoms with Gasteiger partial charge in [0, 0.05) is 23.6 Å². The molecule has 0 spiro atoms. The molecule has 43 heavy (non-hydrogen) atoms. The molecule has 0 N–H and O–H groups in total. The van der Waals surface area contributed by atoms with Gasteiger partial charge in [0.05, 0.1) is 32.6 Å². The van der Waals surface area contributed by atoms with Crippen molar-refractivity contribution in [2.45, 2.75) is 65.8 Å². The van der Waals surface area contributed by atoms with Crippen LogP contribution in [0.15, 0.2) is 23.8 Å². The van der Waals surface area contributed by atoms with Gasteiger partial charge in [-0.3, -0.25) is 9.59 Å². The molecule has 0 fully saturated rings. The minimum Gasteiger partial charge on any atom is -0.496 e. The summed E-state index contributed by atoms with van der Waals surface area (Å²) in [5.41, 5.74) is 1.49. The van der Waals surface area contributed by atoms with Gasteiger partial charge in [0.15, 0.2) is 17.2 Å². The second kappa shape index (κ2) is 13.6. The molecule has 0 bridgehead atoms. The Morgan fingerprint density at radius 2 is 1.70 bits per heavy atom. The second-order valence-electron chi connectivity index (χ2n) is 10.0. The number of anilines is 1. The number of rotatable bonds is 11. The third kappa shape index (κ3) is 7.01. The lowest BCUT2D eigenvalue weighted by molar-refractivity contribution is -0.170. The number of nitrogens with zero attached hydrogens (tertiary/aromatic N) is 1. The first-order valence-corrected chi connectivity index (χ1v) is 13.6. The first-order valence-electron chi connectivity index (χ1n) is 13.2. The molecular weight excluding hydrogens is 595 g/mol. The van der Waals surface area contributed by atoms with E-state index in [-0.39, 0.29) is 65.0 Å². The number of carbonyl (C=O) groups is 3. The van der Waals surface area contributed by atoms with Gasteiger partial charge in [-0.1, -0.05) is 23.3 Å². The van der Waals surface area contributed by atoms with E-state index in [0.29, 0.717) is 27.3 Å². The molecule has 2 aromatic carbocycles. The number of amides is 1. The highest BCUT2D eigenvalue weighted by Gasteiger charge is 2.47. The van der Waals surface area contributed by atoms with Crippen LogP contribution in [-0.2, 0) is 27.4 Å². The van der Waals surface area contributed by atoms with E-state index in [1.54, 1.807) is 26.0 Å². The number of hydrogen-bond donors (Lipinski definition) is 0. The van der Waals surface area contributed by atoms with Crippen molar-refractivity contribution in [2.75, 3.05) is 26.2 Å². The lowest BCUT2D eigenvalue weighted by Crippen LogP contribution is -2.46. The topological polar surface area (TPSA) is 101 Å². The summed E-state index contributed by atoms with van der Waals surface area (Å²) in [7, 11) is 4.20. The maximum atomic E-state index is 13.7. The molecule has 1 heterocycles. The Morgan fingerprint density at radius 3 is 2.26 bits per heavy atom. The summed E-state index contributed by atoms with van der Waals surface area (Å²) in [5.74, 6) is -2.63. The Labute approximate surface area is 252 Å². The molecule has 2 aromatic rings. The van der Waals surface area contributed by atoms with Crippen LogP contribution in [0.1, 0.15) is 60.7 Å². The third-order valence-electron chi connectivity index (χ3n) is 6.92. The molecule has 0 saturated heterocycles. The van der Waals surface area contributed by atoms with E-state index < -0.39 is 30.1 Å². The quantitative estimate of drug-likeness (QED) is 0.158. The first-order chi connectivity index (χ1) is 20.2. The summed E-state index contributed by atoms with van der Waals surface area (Å²) in [6, 6.07) is 2.06. The fourth-order valence-corrected chi connectivity index (χ4v) is 5.10. The predicted octanol–water partition coefficient (Wildman–Crippen LogP) is 6.52. The molecule has 0 aromatic heterocycles. The molecule has 0 saturated carbocycles. The van der Waals surface area contributed by atoms with Crippen molar-refractivity contribution in [3.63, 3.8) is 0 Å². The van der Waals surface area contributed by atoms with Crippen LogP contribution < -0.4 is 23.8 Å². The SMILES string of the molecule is COc1ccc(OC(=O)CCC(C)=CCc2c(OC)c(C)c3c(c2N(C(=O)C(F)(F)F)C(C)C)C(=O)OC3)c(Cl)c1OC. The van der Waals surface area contributed by atoms with Gasteiger partial charge < -0.3 is 28.6 Å². The maximum Gasteiger partial charge on any atom is 0.471 e. The Bertz CT molecular complexity index is 1450. The minimum absolute atomic E-state index is 0.00332. The third-order valence-corrected chi connectivity index (χ3v) is 7.28. The summed E-state index contributed by atoms with van der Waals surface area (Å²) < 4.78 is 67.7. The summed E-state index contributed by atoms with van der Waals surface area (Å²) in [6.45, 7) is 6.09. The van der Waals surface area contributed by atoms with E-state index in [1.165, 1.54) is 41.2 Å². The minimum atomic E-state index is -5.20. The number of methoxy groups -OCH3 is 3. The van der Waals surface area contributed by atoms with Crippen molar-refractivity contribution in [1.29, 1.82) is 0 Å². The number of hydrogen-bond acceptors (Lipinski definition) is 8. The highest BCUT2D eigenvalue weighted by Crippen LogP contribution is 2.45. The number of benzene rings is 2. The van der Waals surface area contributed by atoms with Crippen LogP contribution in [0.2, 0.25) is 5.02 Å². The van der Waals surface area contributed by atoms with E-state index in [9.17, 15) is 27.6 Å². The molecule has 1 amide bonds. The van der Waals surface area contributed by atoms with E-state index in [0.717, 1.165) is 0 Å². The van der Waals surface area contributed by atoms with Gasteiger partial charge in [-0.15, -0.1) is 0 Å². The van der Waals surface area contributed by atoms with Gasteiger partial charge in [-0.05, 0) is 58.2 Å². The van der Waals surface area contributed by atoms with Crippen molar-refractivity contribution in [2.24, 2.45) is 0 Å². The highest BCUT2D eigenvalue weighted by atomic mass is 35.5. The van der Waals surface area contributed by atoms with Crippen molar-refractivity contribution < 1.29 is 51.2 Å². The van der Waals surface area contributed by atoms with Crippen molar-refractivity contribution in [1.82, 2.24) is 0 Å². The monoisotopic (exact) mass is 627 g/mol. The summed E-state index contributed by atoms with van der Waals surface area (Å²) in [4.78, 5) is 38.6. The molecule has 0 aliphatic carbocycles. The van der Waals surface area contributed by atoms with Crippen LogP contribution in [0.25, 0.3) is 0 Å². The zero-order chi connectivity index (χ0) is 32.2. The molecule has 234 valence electrons. The highest BCUT2D eigenvalue weighted by molar-refractivity contribution is 6.34. The molecule has 0 unspecified atom stereocenters. The average molecular weight is 628 g/mol. The average Bonchev–Trinajstić information content (AvgIpc) is 3.33. The van der Waals surface area contributed by atoms with Crippen LogP contribution >= 0.6 is 11.6 Å². The van der Waals surface area contributed by atoms with Crippen molar-refractivity contribution in [3.05, 3.63) is 51.1 Å². The van der Waals surface area contributed by atoms with Crippen molar-refractivity contribution >= 4 is 35.1 Å². The van der Waals surface area contributed by atoms with Crippen LogP contribution in [0, 0.1) is 6.92 Å². The molecule has 9 nitrogen and oxygen atoms in total. The number of ether oxygens (including phenoxy) is 5. The Balaban J connectivity index is 1.93. The van der Waals surface area contributed by atoms with Crippen LogP contribution in [0.5, 0.6) is 23.0 Å². The molecule has 0 atom stereocenters. The number of cyclic esters (lactones) is 1. The van der Waals surface area contributed by atoms with E-state index in [4.69, 9.17) is 35.3 Å². The van der Waals surface area contributed by atoms with Gasteiger partial charge in [-0.2, -0.15) is 13.2 Å². The summed E-state index contributed by atoms with van der Waals surface area (Å²) in [5, 5.41) is 0.0655. The molecule has 0 radical (unpaired) electrons. The largest absolute Gasteiger partial charge is 0.496 e. The second-order valence-corrected chi connectivity index (χ2v) is 10.4. The smallest absolute Gasteiger partial charge is 0.471 e. The standard InChI is InChI=1S/C30H33ClF3NO8/c1-15(2)35(29(38)30(32,33)34)25-18(26(40-6)17(4)19-14-42-28(37)23(19)25)10-8-16(3)9-13-22(36)43-20-11-12-21(39-5)27(41-7)24(20)31/h8,11-12,15H,9-10,13-14H2,1-7H3. The van der Waals surface area contributed by atoms with E-state index in [1.807, 2.05) is 0 Å². The van der Waals surface area contributed by atoms with Gasteiger partial charge in [0.25, 0.3) is 0 Å². The number of halogens is 4. The van der Waals surface area contributed by atoms with Gasteiger partial charge in [-0.25, -0.2) is 4.79 Å². The molecule has 1 aliphatic heterocycles. The zero-order valence-electron chi connectivity index (χ0n) is 24.9. The fraction of sp³-hybridized carbons (Fsp3) is 0.433. The Kier molecular flexibility index (Phi) is 10.6. The van der Waals surface area contributed by atoms with Crippen molar-refractivity contribution in [3.8, 4) is 23.0 Å². The number of allylic oxidation sites excluding steroid dienone is 2. The lowest BCUT2D eigenvalue weighted by atomic mass is 9.92. The summed E-state index contributed by atoms with van der Waals surface area (Å²) >= 11 is 6.29. The normalized spacial score (nSPS) is 13.0. The number of alkyl halides is 3. The van der Waals surface area contributed by atoms with Gasteiger partial charge in [0.2, 0.25) is 0 Å². The Morgan fingerprint density at radius 1 is 1.07 bits per heavy atom. The van der Waals surface area contributed by atoms with Gasteiger partial charge in [0.1, 0.15) is 17.4 Å². The molecule has 13 heteroatoms. The lowest BCUT2D eigenvalue weighted by Gasteiger charge is -2.32. The predicted molar refractivity (Wildman–Crippen MR) is 152 cm³/mol. The van der Waals surface area contributed by atoms with Crippen LogP contribution in [0.4, 0.5) is 18.9 Å². The van der Waals surface area contributed by atoms with E-state index in [2.05, 4.69) is 0 Å². The van der Waals surface area contributed by atoms with Crippen LogP contribution in [0.3, 0.4) is 0 Å².